The highest BCUT2D eigenvalue weighted by Crippen LogP contribution is 2.12. The lowest BCUT2D eigenvalue weighted by Gasteiger charge is -2.37. The molecular weight excluding hydrogens is 266 g/mol. The summed E-state index contributed by atoms with van der Waals surface area (Å²) in [6.45, 7) is 3.15. The first-order valence-electron chi connectivity index (χ1n) is 6.53. The molecule has 1 rings (SSSR count). The highest BCUT2D eigenvalue weighted by atomic mass is 16.5. The molecule has 0 bridgehead atoms. The average Bonchev–Trinajstić information content (AvgIpc) is 2.38. The van der Waals surface area contributed by atoms with E-state index in [2.05, 4.69) is 5.32 Å². The lowest BCUT2D eigenvalue weighted by atomic mass is 10.1. The number of aliphatic carboxylic acids is 1. The van der Waals surface area contributed by atoms with Gasteiger partial charge in [0.05, 0.1) is 25.7 Å². The van der Waals surface area contributed by atoms with Crippen LogP contribution in [-0.2, 0) is 14.3 Å². The van der Waals surface area contributed by atoms with Crippen molar-refractivity contribution in [3.8, 4) is 0 Å². The minimum Gasteiger partial charge on any atom is -0.481 e. The molecule has 20 heavy (non-hydrogen) atoms. The Bertz CT molecular complexity index is 374. The van der Waals surface area contributed by atoms with Gasteiger partial charge in [0.2, 0.25) is 5.91 Å². The SMILES string of the molecule is CCNC(=O)CN(C)C(=O)N1CCOCC1CC(=O)O. The summed E-state index contributed by atoms with van der Waals surface area (Å²) >= 11 is 0. The van der Waals surface area contributed by atoms with Gasteiger partial charge in [-0.3, -0.25) is 9.59 Å². The first-order chi connectivity index (χ1) is 9.45. The largest absolute Gasteiger partial charge is 0.481 e. The molecule has 8 heteroatoms. The zero-order valence-electron chi connectivity index (χ0n) is 11.8. The molecule has 0 aliphatic carbocycles. The lowest BCUT2D eigenvalue weighted by molar-refractivity contribution is -0.139. The van der Waals surface area contributed by atoms with Crippen LogP contribution in [0.2, 0.25) is 0 Å². The minimum atomic E-state index is -0.982. The van der Waals surface area contributed by atoms with E-state index in [0.29, 0.717) is 19.7 Å². The van der Waals surface area contributed by atoms with E-state index in [1.807, 2.05) is 0 Å². The van der Waals surface area contributed by atoms with Gasteiger partial charge < -0.3 is 25.0 Å². The van der Waals surface area contributed by atoms with E-state index >= 15 is 0 Å². The van der Waals surface area contributed by atoms with Gasteiger partial charge in [-0.2, -0.15) is 0 Å². The molecule has 8 nitrogen and oxygen atoms in total. The van der Waals surface area contributed by atoms with Crippen molar-refractivity contribution in [1.82, 2.24) is 15.1 Å². The van der Waals surface area contributed by atoms with Crippen LogP contribution in [0.15, 0.2) is 0 Å². The van der Waals surface area contributed by atoms with Crippen molar-refractivity contribution in [3.05, 3.63) is 0 Å². The highest BCUT2D eigenvalue weighted by Gasteiger charge is 2.31. The van der Waals surface area contributed by atoms with Crippen LogP contribution in [0.5, 0.6) is 0 Å². The molecule has 1 unspecified atom stereocenters. The van der Waals surface area contributed by atoms with E-state index in [0.717, 1.165) is 0 Å². The van der Waals surface area contributed by atoms with Gasteiger partial charge in [-0.25, -0.2) is 4.79 Å². The maximum Gasteiger partial charge on any atom is 0.320 e. The maximum atomic E-state index is 12.3. The van der Waals surface area contributed by atoms with Gasteiger partial charge >= 0.3 is 12.0 Å². The van der Waals surface area contributed by atoms with E-state index < -0.39 is 12.0 Å². The van der Waals surface area contributed by atoms with Crippen LogP contribution < -0.4 is 5.32 Å². The van der Waals surface area contributed by atoms with Crippen molar-refractivity contribution >= 4 is 17.9 Å². The number of carbonyl (C=O) groups excluding carboxylic acids is 2. The van der Waals surface area contributed by atoms with Crippen LogP contribution >= 0.6 is 0 Å². The Morgan fingerprint density at radius 2 is 2.15 bits per heavy atom. The summed E-state index contributed by atoms with van der Waals surface area (Å²) in [5.74, 6) is -1.23. The number of nitrogens with one attached hydrogen (secondary N) is 1. The second-order valence-corrected chi connectivity index (χ2v) is 4.61. The smallest absolute Gasteiger partial charge is 0.320 e. The van der Waals surface area contributed by atoms with Crippen molar-refractivity contribution in [1.29, 1.82) is 0 Å². The normalized spacial score (nSPS) is 18.5. The predicted octanol–water partition coefficient (Wildman–Crippen LogP) is -0.650. The Hall–Kier alpha value is -1.83. The fourth-order valence-corrected chi connectivity index (χ4v) is 2.03. The number of carboxylic acids is 1. The first kappa shape index (κ1) is 16.2. The van der Waals surface area contributed by atoms with Crippen molar-refractivity contribution in [3.63, 3.8) is 0 Å². The third-order valence-electron chi connectivity index (χ3n) is 2.96. The van der Waals surface area contributed by atoms with Gasteiger partial charge in [0.1, 0.15) is 6.54 Å². The number of rotatable bonds is 5. The Balaban J connectivity index is 2.62. The topological polar surface area (TPSA) is 99.2 Å². The van der Waals surface area contributed by atoms with Crippen LogP contribution in [-0.4, -0.2) is 78.8 Å². The second-order valence-electron chi connectivity index (χ2n) is 4.61. The summed E-state index contributed by atoms with van der Waals surface area (Å²) < 4.78 is 5.21. The molecule has 1 saturated heterocycles. The second kappa shape index (κ2) is 7.68. The van der Waals surface area contributed by atoms with Crippen LogP contribution in [0, 0.1) is 0 Å². The quantitative estimate of drug-likeness (QED) is 0.700. The molecule has 114 valence electrons. The van der Waals surface area contributed by atoms with Crippen molar-refractivity contribution < 1.29 is 24.2 Å². The number of hydrogen-bond acceptors (Lipinski definition) is 4. The van der Waals surface area contributed by atoms with E-state index in [-0.39, 0.29) is 31.5 Å². The molecule has 0 radical (unpaired) electrons. The van der Waals surface area contributed by atoms with Gasteiger partial charge in [-0.15, -0.1) is 0 Å². The Morgan fingerprint density at radius 3 is 2.75 bits per heavy atom. The van der Waals surface area contributed by atoms with E-state index in [4.69, 9.17) is 9.84 Å². The number of ether oxygens (including phenoxy) is 1. The van der Waals surface area contributed by atoms with Crippen LogP contribution in [0.25, 0.3) is 0 Å². The minimum absolute atomic E-state index is 0.0518. The van der Waals surface area contributed by atoms with Gasteiger partial charge in [0.25, 0.3) is 0 Å². The molecule has 1 heterocycles. The summed E-state index contributed by atoms with van der Waals surface area (Å²) in [5, 5.41) is 11.5. The van der Waals surface area contributed by atoms with Gasteiger partial charge in [-0.05, 0) is 6.92 Å². The summed E-state index contributed by atoms with van der Waals surface area (Å²) in [6.07, 6.45) is -0.166. The van der Waals surface area contributed by atoms with Gasteiger partial charge in [0.15, 0.2) is 0 Å². The fourth-order valence-electron chi connectivity index (χ4n) is 2.03. The fraction of sp³-hybridized carbons (Fsp3) is 0.750. The van der Waals surface area contributed by atoms with Crippen LogP contribution in [0.1, 0.15) is 13.3 Å². The molecule has 1 atom stereocenters. The van der Waals surface area contributed by atoms with Crippen LogP contribution in [0.3, 0.4) is 0 Å². The summed E-state index contributed by atoms with van der Waals surface area (Å²) in [7, 11) is 1.52. The third-order valence-corrected chi connectivity index (χ3v) is 2.96. The number of urea groups is 1. The summed E-state index contributed by atoms with van der Waals surface area (Å²) in [5.41, 5.74) is 0. The molecule has 0 aromatic rings. The number of carboxylic acid groups (broad SMARTS) is 1. The van der Waals surface area contributed by atoms with Gasteiger partial charge in [0, 0.05) is 20.1 Å². The van der Waals surface area contributed by atoms with E-state index in [1.54, 1.807) is 6.92 Å². The maximum absolute atomic E-state index is 12.3. The Labute approximate surface area is 117 Å². The number of amides is 3. The molecule has 1 aliphatic heterocycles. The molecule has 0 spiro atoms. The molecule has 1 aliphatic rings. The van der Waals surface area contributed by atoms with Crippen molar-refractivity contribution in [2.75, 3.05) is 39.9 Å². The molecule has 0 aromatic carbocycles. The van der Waals surface area contributed by atoms with E-state index in [9.17, 15) is 14.4 Å². The summed E-state index contributed by atoms with van der Waals surface area (Å²) in [6, 6.07) is -0.851. The molecular formula is C12H21N3O5. The standard InChI is InChI=1S/C12H21N3O5/c1-3-13-10(16)7-14(2)12(19)15-4-5-20-8-9(15)6-11(17)18/h9H,3-8H2,1-2H3,(H,13,16)(H,17,18). The number of likely N-dealkylation sites (N-methyl/N-ethyl adjacent to an activating group) is 2. The predicted molar refractivity (Wildman–Crippen MR) is 70.3 cm³/mol. The zero-order chi connectivity index (χ0) is 15.1. The van der Waals surface area contributed by atoms with Gasteiger partial charge in [-0.1, -0.05) is 0 Å². The Morgan fingerprint density at radius 1 is 1.45 bits per heavy atom. The highest BCUT2D eigenvalue weighted by molar-refractivity contribution is 5.84. The number of carbonyl (C=O) groups is 3. The molecule has 2 N–H and O–H groups in total. The van der Waals surface area contributed by atoms with E-state index in [1.165, 1.54) is 16.8 Å². The number of morpholine rings is 1. The number of hydrogen-bond donors (Lipinski definition) is 2. The molecule has 3 amide bonds. The van der Waals surface area contributed by atoms with Crippen molar-refractivity contribution in [2.45, 2.75) is 19.4 Å². The first-order valence-corrected chi connectivity index (χ1v) is 6.53. The lowest BCUT2D eigenvalue weighted by Crippen LogP contribution is -2.54. The summed E-state index contributed by atoms with van der Waals surface area (Å²) in [4.78, 5) is 37.2. The van der Waals surface area contributed by atoms with Crippen LogP contribution in [0.4, 0.5) is 4.79 Å². The third kappa shape index (κ3) is 4.69. The molecule has 0 saturated carbocycles. The van der Waals surface area contributed by atoms with Crippen molar-refractivity contribution in [2.24, 2.45) is 0 Å². The average molecular weight is 287 g/mol. The molecule has 1 fully saturated rings. The number of nitrogens with zero attached hydrogens (tertiary/aromatic N) is 2. The zero-order valence-corrected chi connectivity index (χ0v) is 11.8. The molecule has 0 aromatic heterocycles. The monoisotopic (exact) mass is 287 g/mol. The Kier molecular flexibility index (Phi) is 6.23.